The van der Waals surface area contributed by atoms with Crippen LogP contribution in [0.15, 0.2) is 23.5 Å². The maximum absolute atomic E-state index is 11.2. The first kappa shape index (κ1) is 9.51. The third-order valence-corrected chi connectivity index (χ3v) is 1.47. The fourth-order valence-corrected chi connectivity index (χ4v) is 0.904. The molecule has 0 spiro atoms. The number of methoxy groups -OCH3 is 1. The van der Waals surface area contributed by atoms with Crippen molar-refractivity contribution in [1.29, 1.82) is 0 Å². The number of amides is 1. The van der Waals surface area contributed by atoms with Crippen molar-refractivity contribution in [3.8, 4) is 5.75 Å². The van der Waals surface area contributed by atoms with Gasteiger partial charge in [-0.25, -0.2) is 0 Å². The van der Waals surface area contributed by atoms with E-state index in [1.165, 1.54) is 25.6 Å². The van der Waals surface area contributed by atoms with Crippen LogP contribution in [-0.2, 0) is 0 Å². The molecule has 0 saturated heterocycles. The average molecular weight is 194 g/mol. The summed E-state index contributed by atoms with van der Waals surface area (Å²) >= 11 is 4.31. The van der Waals surface area contributed by atoms with Gasteiger partial charge in [-0.2, -0.15) is 4.99 Å². The summed E-state index contributed by atoms with van der Waals surface area (Å²) in [6.07, 6.45) is 2.92. The first-order valence-corrected chi connectivity index (χ1v) is 3.80. The third kappa shape index (κ3) is 2.18. The van der Waals surface area contributed by atoms with Crippen molar-refractivity contribution in [1.82, 2.24) is 4.98 Å². The van der Waals surface area contributed by atoms with E-state index in [0.29, 0.717) is 11.3 Å². The summed E-state index contributed by atoms with van der Waals surface area (Å²) in [6, 6.07) is 1.51. The van der Waals surface area contributed by atoms with Gasteiger partial charge in [0.1, 0.15) is 5.75 Å². The molecular weight excluding hydrogens is 188 g/mol. The van der Waals surface area contributed by atoms with Gasteiger partial charge in [0.05, 0.1) is 24.0 Å². The molecule has 0 aliphatic carbocycles. The highest BCUT2D eigenvalue weighted by Crippen LogP contribution is 2.16. The van der Waals surface area contributed by atoms with Gasteiger partial charge in [-0.1, -0.05) is 0 Å². The normalized spacial score (nSPS) is 8.69. The van der Waals surface area contributed by atoms with E-state index in [9.17, 15) is 4.79 Å². The molecule has 0 bridgehead atoms. The van der Waals surface area contributed by atoms with Crippen LogP contribution in [0.3, 0.4) is 0 Å². The Labute approximate surface area is 80.3 Å². The topological polar surface area (TPSA) is 51.5 Å². The molecule has 0 aliphatic rings. The predicted octanol–water partition coefficient (Wildman–Crippen LogP) is 1.33. The number of hydrogen-bond acceptors (Lipinski definition) is 4. The van der Waals surface area contributed by atoms with Gasteiger partial charge in [-0.15, -0.1) is 0 Å². The molecule has 0 N–H and O–H groups in total. The molecule has 1 heterocycles. The zero-order valence-electron chi connectivity index (χ0n) is 6.85. The Bertz CT molecular complexity index is 372. The Morgan fingerprint density at radius 2 is 2.54 bits per heavy atom. The molecule has 0 atom stereocenters. The molecule has 0 fully saturated rings. The summed E-state index contributed by atoms with van der Waals surface area (Å²) in [7, 11) is 1.45. The van der Waals surface area contributed by atoms with Gasteiger partial charge in [0.15, 0.2) is 0 Å². The van der Waals surface area contributed by atoms with Gasteiger partial charge >= 0.3 is 0 Å². The maximum atomic E-state index is 11.2. The summed E-state index contributed by atoms with van der Waals surface area (Å²) in [5, 5.41) is 2.00. The second-order valence-corrected chi connectivity index (χ2v) is 2.27. The maximum Gasteiger partial charge on any atom is 0.289 e. The van der Waals surface area contributed by atoms with Gasteiger partial charge in [0.25, 0.3) is 5.91 Å². The molecule has 0 aliphatic heterocycles. The van der Waals surface area contributed by atoms with Crippen LogP contribution in [0.4, 0.5) is 0 Å². The van der Waals surface area contributed by atoms with E-state index >= 15 is 0 Å². The van der Waals surface area contributed by atoms with Crippen LogP contribution >= 0.6 is 12.2 Å². The number of nitrogens with zero attached hydrogens (tertiary/aromatic N) is 2. The summed E-state index contributed by atoms with van der Waals surface area (Å²) < 4.78 is 4.91. The summed E-state index contributed by atoms with van der Waals surface area (Å²) in [4.78, 5) is 18.3. The molecule has 66 valence electrons. The van der Waals surface area contributed by atoms with Crippen molar-refractivity contribution in [3.05, 3.63) is 24.0 Å². The largest absolute Gasteiger partial charge is 0.494 e. The minimum absolute atomic E-state index is 0.329. The lowest BCUT2D eigenvalue weighted by Crippen LogP contribution is -1.98. The van der Waals surface area contributed by atoms with Crippen LogP contribution in [0.5, 0.6) is 5.75 Å². The van der Waals surface area contributed by atoms with Gasteiger partial charge in [-0.05, 0) is 18.3 Å². The minimum Gasteiger partial charge on any atom is -0.494 e. The van der Waals surface area contributed by atoms with Crippen LogP contribution in [0, 0.1) is 0 Å². The first-order valence-electron chi connectivity index (χ1n) is 3.39. The fourth-order valence-electron chi connectivity index (χ4n) is 0.821. The highest BCUT2D eigenvalue weighted by atomic mass is 32.1. The first-order chi connectivity index (χ1) is 6.29. The van der Waals surface area contributed by atoms with Gasteiger partial charge < -0.3 is 4.74 Å². The number of hydrogen-bond donors (Lipinski definition) is 0. The third-order valence-electron chi connectivity index (χ3n) is 1.38. The van der Waals surface area contributed by atoms with Crippen molar-refractivity contribution >= 4 is 23.3 Å². The molecule has 13 heavy (non-hydrogen) atoms. The van der Waals surface area contributed by atoms with Crippen molar-refractivity contribution in [2.45, 2.75) is 0 Å². The zero-order valence-corrected chi connectivity index (χ0v) is 7.67. The summed E-state index contributed by atoms with van der Waals surface area (Å²) in [6.45, 7) is 0. The van der Waals surface area contributed by atoms with Crippen LogP contribution in [0.2, 0.25) is 0 Å². The van der Waals surface area contributed by atoms with Gasteiger partial charge in [0.2, 0.25) is 0 Å². The Morgan fingerprint density at radius 3 is 3.15 bits per heavy atom. The number of carbonyl (C=O) groups is 1. The Hall–Kier alpha value is -1.58. The van der Waals surface area contributed by atoms with Crippen LogP contribution < -0.4 is 4.74 Å². The molecule has 1 amide bonds. The highest BCUT2D eigenvalue weighted by molar-refractivity contribution is 7.78. The van der Waals surface area contributed by atoms with Crippen LogP contribution in [-0.4, -0.2) is 23.2 Å². The van der Waals surface area contributed by atoms with Crippen molar-refractivity contribution in [2.75, 3.05) is 7.11 Å². The fraction of sp³-hybridized carbons (Fsp3) is 0.125. The van der Waals surface area contributed by atoms with E-state index in [-0.39, 0.29) is 0 Å². The number of aromatic nitrogens is 1. The molecule has 0 saturated carbocycles. The van der Waals surface area contributed by atoms with E-state index in [0.717, 1.165) is 0 Å². The Morgan fingerprint density at radius 1 is 1.77 bits per heavy atom. The van der Waals surface area contributed by atoms with E-state index < -0.39 is 5.91 Å². The molecular formula is C8H6N2O2S. The molecule has 0 unspecified atom stereocenters. The number of rotatable bonds is 2. The Kier molecular flexibility index (Phi) is 3.25. The van der Waals surface area contributed by atoms with Crippen LogP contribution in [0.25, 0.3) is 0 Å². The van der Waals surface area contributed by atoms with E-state index in [1.807, 2.05) is 5.16 Å². The second kappa shape index (κ2) is 4.45. The number of carbonyl (C=O) groups excluding carboxylic acids is 1. The molecule has 0 aromatic carbocycles. The lowest BCUT2D eigenvalue weighted by molar-refractivity contribution is 0.100. The zero-order chi connectivity index (χ0) is 9.68. The Balaban J connectivity index is 3.12. The van der Waals surface area contributed by atoms with E-state index in [1.54, 1.807) is 0 Å². The average Bonchev–Trinajstić information content (AvgIpc) is 2.18. The number of aliphatic imine (C=N–C) groups is 1. The molecule has 1 aromatic heterocycles. The monoisotopic (exact) mass is 194 g/mol. The number of ether oxygens (including phenoxy) is 1. The summed E-state index contributed by atoms with van der Waals surface area (Å²) in [5.74, 6) is -0.101. The standard InChI is InChI=1S/C8H6N2O2S/c1-12-7-4-9-3-2-6(7)8(11)10-5-13/h2-4H,1H3. The number of pyridine rings is 1. The smallest absolute Gasteiger partial charge is 0.289 e. The molecule has 4 nitrogen and oxygen atoms in total. The lowest BCUT2D eigenvalue weighted by atomic mass is 10.2. The molecule has 0 radical (unpaired) electrons. The van der Waals surface area contributed by atoms with E-state index in [4.69, 9.17) is 4.74 Å². The number of thiocarbonyl (C=S) groups is 1. The molecule has 1 rings (SSSR count). The number of isothiocyanates is 1. The van der Waals surface area contributed by atoms with Crippen molar-refractivity contribution < 1.29 is 9.53 Å². The van der Waals surface area contributed by atoms with Crippen molar-refractivity contribution in [2.24, 2.45) is 4.99 Å². The van der Waals surface area contributed by atoms with Gasteiger partial charge in [0, 0.05) is 6.20 Å². The molecule has 5 heteroatoms. The van der Waals surface area contributed by atoms with E-state index in [2.05, 4.69) is 22.2 Å². The second-order valence-electron chi connectivity index (χ2n) is 2.08. The van der Waals surface area contributed by atoms with Gasteiger partial charge in [-0.3, -0.25) is 9.78 Å². The minimum atomic E-state index is -0.478. The van der Waals surface area contributed by atoms with Crippen molar-refractivity contribution in [3.63, 3.8) is 0 Å². The predicted molar refractivity (Wildman–Crippen MR) is 50.1 cm³/mol. The summed E-state index contributed by atoms with van der Waals surface area (Å²) in [5.41, 5.74) is 0.329. The SMILES string of the molecule is COc1cnccc1C(=O)N=C=S. The quantitative estimate of drug-likeness (QED) is 0.526. The lowest BCUT2D eigenvalue weighted by Gasteiger charge is -2.01. The molecule has 1 aromatic rings. The van der Waals surface area contributed by atoms with Crippen LogP contribution in [0.1, 0.15) is 10.4 Å². The highest BCUT2D eigenvalue weighted by Gasteiger charge is 2.09.